The highest BCUT2D eigenvalue weighted by Gasteiger charge is 2.46. The molecule has 1 fully saturated rings. The summed E-state index contributed by atoms with van der Waals surface area (Å²) in [6.07, 6.45) is 0. The quantitative estimate of drug-likeness (QED) is 0.762. The second-order valence-corrected chi connectivity index (χ2v) is 6.09. The van der Waals surface area contributed by atoms with Crippen LogP contribution in [0.3, 0.4) is 0 Å². The van der Waals surface area contributed by atoms with Crippen LogP contribution in [0.25, 0.3) is 0 Å². The summed E-state index contributed by atoms with van der Waals surface area (Å²) < 4.78 is 37.3. The van der Waals surface area contributed by atoms with Crippen molar-refractivity contribution in [2.45, 2.75) is 10.7 Å². The summed E-state index contributed by atoms with van der Waals surface area (Å²) in [5.41, 5.74) is 0.473. The molecule has 5 nitrogen and oxygen atoms in total. The van der Waals surface area contributed by atoms with Gasteiger partial charge >= 0.3 is 0 Å². The Balaban J connectivity index is 2.25. The summed E-state index contributed by atoms with van der Waals surface area (Å²) in [7, 11) is -3.49. The second-order valence-electron chi connectivity index (χ2n) is 3.91. The van der Waals surface area contributed by atoms with Gasteiger partial charge in [0.1, 0.15) is 0 Å². The van der Waals surface area contributed by atoms with Gasteiger partial charge in [0.15, 0.2) is 0 Å². The molecule has 2 aliphatic heterocycles. The molecule has 2 aliphatic rings. The fourth-order valence-corrected chi connectivity index (χ4v) is 3.57. The van der Waals surface area contributed by atoms with Crippen LogP contribution in [-0.4, -0.2) is 28.2 Å². The minimum atomic E-state index is -3.49. The highest BCUT2D eigenvalue weighted by Crippen LogP contribution is 2.39. The number of rotatable bonds is 0. The fraction of sp³-hybridized carbons (Fsp3) is 0.400. The Morgan fingerprint density at radius 1 is 1.29 bits per heavy atom. The summed E-state index contributed by atoms with van der Waals surface area (Å²) in [5.74, 6) is -1.02. The zero-order valence-electron chi connectivity index (χ0n) is 8.77. The van der Waals surface area contributed by atoms with E-state index in [1.165, 1.54) is 12.1 Å². The number of hydrogen-bond acceptors (Lipinski definition) is 4. The Morgan fingerprint density at radius 3 is 2.71 bits per heavy atom. The number of hydrogen-bond donors (Lipinski definition) is 1. The maximum Gasteiger partial charge on any atom is 0.241 e. The third-order valence-corrected chi connectivity index (χ3v) is 4.58. The summed E-state index contributed by atoms with van der Waals surface area (Å²) in [6.45, 7) is 0.948. The van der Waals surface area contributed by atoms with Crippen LogP contribution in [0.15, 0.2) is 23.1 Å². The summed E-state index contributed by atoms with van der Waals surface area (Å²) in [6, 6.07) is 4.58. The van der Waals surface area contributed by atoms with Gasteiger partial charge < -0.3 is 9.47 Å². The van der Waals surface area contributed by atoms with Gasteiger partial charge in [-0.3, -0.25) is 0 Å². The van der Waals surface area contributed by atoms with Crippen molar-refractivity contribution in [3.8, 4) is 0 Å². The van der Waals surface area contributed by atoms with Gasteiger partial charge in [0.2, 0.25) is 15.8 Å². The molecule has 1 aromatic carbocycles. The van der Waals surface area contributed by atoms with Gasteiger partial charge in [0.05, 0.1) is 24.7 Å². The lowest BCUT2D eigenvalue weighted by Gasteiger charge is -2.33. The smallest absolute Gasteiger partial charge is 0.241 e. The maximum atomic E-state index is 11.9. The van der Waals surface area contributed by atoms with Gasteiger partial charge in [-0.05, 0) is 18.2 Å². The molecule has 0 amide bonds. The topological polar surface area (TPSA) is 64.6 Å². The molecule has 3 rings (SSSR count). The number of nitrogens with one attached hydrogen (secondary N) is 1. The minimum Gasteiger partial charge on any atom is -0.342 e. The average Bonchev–Trinajstić information content (AvgIpc) is 2.74. The first-order valence-corrected chi connectivity index (χ1v) is 6.97. The highest BCUT2D eigenvalue weighted by molar-refractivity contribution is 7.89. The van der Waals surface area contributed by atoms with Crippen molar-refractivity contribution >= 4 is 21.6 Å². The molecule has 1 spiro atoms. The lowest BCUT2D eigenvalue weighted by atomic mass is 10.1. The number of sulfonamides is 1. The molecule has 1 aromatic rings. The van der Waals surface area contributed by atoms with Crippen LogP contribution in [0.5, 0.6) is 0 Å². The van der Waals surface area contributed by atoms with Gasteiger partial charge in [-0.2, -0.15) is 0 Å². The average molecular weight is 276 g/mol. The lowest BCUT2D eigenvalue weighted by Crippen LogP contribution is -2.47. The number of ether oxygens (including phenoxy) is 2. The lowest BCUT2D eigenvalue weighted by molar-refractivity contribution is -0.162. The van der Waals surface area contributed by atoms with Gasteiger partial charge in [-0.1, -0.05) is 11.6 Å². The van der Waals surface area contributed by atoms with E-state index in [9.17, 15) is 8.42 Å². The van der Waals surface area contributed by atoms with E-state index in [-0.39, 0.29) is 11.4 Å². The van der Waals surface area contributed by atoms with E-state index in [0.29, 0.717) is 23.8 Å². The SMILES string of the molecule is O=S1(=O)NCC2(OCCO2)c2cc(Cl)ccc21. The van der Waals surface area contributed by atoms with E-state index in [0.717, 1.165) is 0 Å². The molecule has 2 heterocycles. The largest absolute Gasteiger partial charge is 0.342 e. The molecule has 0 aromatic heterocycles. The molecule has 0 atom stereocenters. The van der Waals surface area contributed by atoms with E-state index >= 15 is 0 Å². The van der Waals surface area contributed by atoms with Crippen LogP contribution in [0.2, 0.25) is 5.02 Å². The molecule has 0 aliphatic carbocycles. The van der Waals surface area contributed by atoms with Crippen molar-refractivity contribution in [2.24, 2.45) is 0 Å². The number of halogens is 1. The monoisotopic (exact) mass is 275 g/mol. The van der Waals surface area contributed by atoms with Crippen LogP contribution in [-0.2, 0) is 25.3 Å². The standard InChI is InChI=1S/C10H10ClNO4S/c11-7-1-2-9-8(5-7)10(15-3-4-16-10)6-12-17(9,13)14/h1-2,5,12H,3-4,6H2. The molecule has 1 saturated heterocycles. The summed E-state index contributed by atoms with van der Waals surface area (Å²) in [5, 5.41) is 0.458. The summed E-state index contributed by atoms with van der Waals surface area (Å²) >= 11 is 5.91. The van der Waals surface area contributed by atoms with Crippen molar-refractivity contribution in [3.63, 3.8) is 0 Å². The molecule has 7 heteroatoms. The Morgan fingerprint density at radius 2 is 2.00 bits per heavy atom. The first-order chi connectivity index (χ1) is 8.04. The van der Waals surface area contributed by atoms with E-state index < -0.39 is 15.8 Å². The minimum absolute atomic E-state index is 0.0721. The third-order valence-electron chi connectivity index (χ3n) is 2.89. The van der Waals surface area contributed by atoms with Crippen LogP contribution in [0.1, 0.15) is 5.56 Å². The first kappa shape index (κ1) is 11.4. The molecule has 0 unspecified atom stereocenters. The van der Waals surface area contributed by atoms with E-state index in [1.54, 1.807) is 6.07 Å². The molecular formula is C10H10ClNO4S. The zero-order chi connectivity index (χ0) is 12.1. The molecule has 0 radical (unpaired) electrons. The van der Waals surface area contributed by atoms with Gasteiger partial charge in [-0.15, -0.1) is 0 Å². The molecule has 17 heavy (non-hydrogen) atoms. The van der Waals surface area contributed by atoms with Crippen molar-refractivity contribution < 1.29 is 17.9 Å². The van der Waals surface area contributed by atoms with Crippen molar-refractivity contribution in [2.75, 3.05) is 19.8 Å². The van der Waals surface area contributed by atoms with Gasteiger partial charge in [0.25, 0.3) is 0 Å². The molecule has 0 saturated carbocycles. The molecule has 0 bridgehead atoms. The van der Waals surface area contributed by atoms with Crippen LogP contribution < -0.4 is 4.72 Å². The van der Waals surface area contributed by atoms with E-state index in [4.69, 9.17) is 21.1 Å². The van der Waals surface area contributed by atoms with Gasteiger partial charge in [0, 0.05) is 10.6 Å². The van der Waals surface area contributed by atoms with Gasteiger partial charge in [-0.25, -0.2) is 13.1 Å². The van der Waals surface area contributed by atoms with Crippen LogP contribution >= 0.6 is 11.6 Å². The number of benzene rings is 1. The number of fused-ring (bicyclic) bond motifs is 2. The molecule has 1 N–H and O–H groups in total. The van der Waals surface area contributed by atoms with Crippen molar-refractivity contribution in [3.05, 3.63) is 28.8 Å². The summed E-state index contributed by atoms with van der Waals surface area (Å²) in [4.78, 5) is 0.162. The van der Waals surface area contributed by atoms with Crippen molar-refractivity contribution in [1.29, 1.82) is 0 Å². The second kappa shape index (κ2) is 3.66. The Bertz CT molecular complexity index is 566. The third kappa shape index (κ3) is 1.68. The van der Waals surface area contributed by atoms with Crippen LogP contribution in [0.4, 0.5) is 0 Å². The Kier molecular flexibility index (Phi) is 2.46. The fourth-order valence-electron chi connectivity index (χ4n) is 2.11. The predicted molar refractivity (Wildman–Crippen MR) is 60.2 cm³/mol. The maximum absolute atomic E-state index is 11.9. The molecular weight excluding hydrogens is 266 g/mol. The normalized spacial score (nSPS) is 24.8. The van der Waals surface area contributed by atoms with E-state index in [1.807, 2.05) is 0 Å². The molecule has 92 valence electrons. The van der Waals surface area contributed by atoms with Crippen molar-refractivity contribution in [1.82, 2.24) is 4.72 Å². The zero-order valence-corrected chi connectivity index (χ0v) is 10.3. The predicted octanol–water partition coefficient (Wildman–Crippen LogP) is 0.832. The Hall–Kier alpha value is -0.660. The van der Waals surface area contributed by atoms with E-state index in [2.05, 4.69) is 4.72 Å². The Labute approximate surface area is 104 Å². The van der Waals surface area contributed by atoms with Crippen LogP contribution in [0, 0.1) is 0 Å². The first-order valence-electron chi connectivity index (χ1n) is 5.11. The highest BCUT2D eigenvalue weighted by atomic mass is 35.5.